The van der Waals surface area contributed by atoms with Crippen molar-refractivity contribution in [2.75, 3.05) is 0 Å². The van der Waals surface area contributed by atoms with Crippen LogP contribution in [0.2, 0.25) is 0 Å². The van der Waals surface area contributed by atoms with Gasteiger partial charge in [-0.1, -0.05) is 6.92 Å². The second kappa shape index (κ2) is 6.70. The van der Waals surface area contributed by atoms with E-state index in [1.54, 1.807) is 0 Å². The Morgan fingerprint density at radius 2 is 1.93 bits per heavy atom. The molecule has 5 heteroatoms. The molecule has 14 heavy (non-hydrogen) atoms. The normalized spacial score (nSPS) is 14.7. The molecular formula is C9H16O4S. The molecule has 0 spiro atoms. The SMILES string of the molecule is CCC(S)CC(CCC(=O)O)C(=O)O. The summed E-state index contributed by atoms with van der Waals surface area (Å²) in [7, 11) is 0. The molecule has 0 rings (SSSR count). The lowest BCUT2D eigenvalue weighted by atomic mass is 9.97. The molecule has 0 heterocycles. The molecule has 0 saturated carbocycles. The van der Waals surface area contributed by atoms with Crippen molar-refractivity contribution < 1.29 is 19.8 Å². The van der Waals surface area contributed by atoms with Gasteiger partial charge in [0.05, 0.1) is 5.92 Å². The number of thiol groups is 1. The summed E-state index contributed by atoms with van der Waals surface area (Å²) in [5, 5.41) is 17.3. The van der Waals surface area contributed by atoms with Gasteiger partial charge in [0.1, 0.15) is 0 Å². The first-order chi connectivity index (χ1) is 6.47. The highest BCUT2D eigenvalue weighted by Crippen LogP contribution is 2.19. The fraction of sp³-hybridized carbons (Fsp3) is 0.778. The maximum atomic E-state index is 10.7. The molecule has 0 fully saturated rings. The Bertz CT molecular complexity index is 205. The van der Waals surface area contributed by atoms with Crippen LogP contribution >= 0.6 is 12.6 Å². The molecule has 0 saturated heterocycles. The van der Waals surface area contributed by atoms with Crippen molar-refractivity contribution in [3.8, 4) is 0 Å². The van der Waals surface area contributed by atoms with E-state index in [0.29, 0.717) is 6.42 Å². The number of rotatable bonds is 7. The molecule has 0 radical (unpaired) electrons. The number of hydrogen-bond donors (Lipinski definition) is 3. The second-order valence-electron chi connectivity index (χ2n) is 3.27. The van der Waals surface area contributed by atoms with Crippen molar-refractivity contribution in [1.82, 2.24) is 0 Å². The highest BCUT2D eigenvalue weighted by atomic mass is 32.1. The van der Waals surface area contributed by atoms with Gasteiger partial charge in [-0.2, -0.15) is 12.6 Å². The largest absolute Gasteiger partial charge is 0.481 e. The van der Waals surface area contributed by atoms with E-state index in [1.165, 1.54) is 0 Å². The van der Waals surface area contributed by atoms with Gasteiger partial charge in [0.25, 0.3) is 0 Å². The lowest BCUT2D eigenvalue weighted by Crippen LogP contribution is -2.19. The van der Waals surface area contributed by atoms with E-state index in [4.69, 9.17) is 10.2 Å². The molecule has 0 aromatic rings. The minimum atomic E-state index is -0.955. The maximum Gasteiger partial charge on any atom is 0.306 e. The van der Waals surface area contributed by atoms with E-state index in [2.05, 4.69) is 12.6 Å². The quantitative estimate of drug-likeness (QED) is 0.570. The minimum absolute atomic E-state index is 0.0323. The van der Waals surface area contributed by atoms with Crippen LogP contribution < -0.4 is 0 Å². The number of carbonyl (C=O) groups is 2. The number of carboxylic acid groups (broad SMARTS) is 2. The fourth-order valence-corrected chi connectivity index (χ4v) is 1.39. The van der Waals surface area contributed by atoms with E-state index in [0.717, 1.165) is 6.42 Å². The van der Waals surface area contributed by atoms with Crippen LogP contribution in [0.4, 0.5) is 0 Å². The van der Waals surface area contributed by atoms with Gasteiger partial charge in [-0.15, -0.1) is 0 Å². The first kappa shape index (κ1) is 13.3. The Kier molecular flexibility index (Phi) is 6.36. The lowest BCUT2D eigenvalue weighted by Gasteiger charge is -2.14. The average Bonchev–Trinajstić information content (AvgIpc) is 2.10. The van der Waals surface area contributed by atoms with Crippen molar-refractivity contribution >= 4 is 24.6 Å². The van der Waals surface area contributed by atoms with E-state index in [-0.39, 0.29) is 18.1 Å². The molecule has 2 N–H and O–H groups in total. The van der Waals surface area contributed by atoms with Crippen molar-refractivity contribution in [2.45, 2.75) is 37.9 Å². The second-order valence-corrected chi connectivity index (χ2v) is 4.00. The molecule has 0 aliphatic rings. The van der Waals surface area contributed by atoms with E-state index < -0.39 is 17.9 Å². The van der Waals surface area contributed by atoms with Crippen molar-refractivity contribution in [3.63, 3.8) is 0 Å². The van der Waals surface area contributed by atoms with E-state index in [1.807, 2.05) is 6.92 Å². The Balaban J connectivity index is 4.02. The van der Waals surface area contributed by atoms with Gasteiger partial charge in [-0.25, -0.2) is 0 Å². The van der Waals surface area contributed by atoms with Gasteiger partial charge in [0.2, 0.25) is 0 Å². The van der Waals surface area contributed by atoms with Crippen LogP contribution in [-0.2, 0) is 9.59 Å². The molecule has 0 bridgehead atoms. The van der Waals surface area contributed by atoms with Crippen LogP contribution in [0.1, 0.15) is 32.6 Å². The molecule has 0 aromatic carbocycles. The molecule has 0 aromatic heterocycles. The Morgan fingerprint density at radius 1 is 1.36 bits per heavy atom. The van der Waals surface area contributed by atoms with E-state index in [9.17, 15) is 9.59 Å². The van der Waals surface area contributed by atoms with Crippen LogP contribution in [0.3, 0.4) is 0 Å². The molecule has 2 unspecified atom stereocenters. The van der Waals surface area contributed by atoms with E-state index >= 15 is 0 Å². The fourth-order valence-electron chi connectivity index (χ4n) is 1.13. The highest BCUT2D eigenvalue weighted by molar-refractivity contribution is 7.80. The summed E-state index contributed by atoms with van der Waals surface area (Å²) in [6, 6.07) is 0. The van der Waals surface area contributed by atoms with Crippen LogP contribution in [0, 0.1) is 5.92 Å². The summed E-state index contributed by atoms with van der Waals surface area (Å²) in [5.41, 5.74) is 0. The van der Waals surface area contributed by atoms with Crippen LogP contribution in [0.5, 0.6) is 0 Å². The molecule has 4 nitrogen and oxygen atoms in total. The Morgan fingerprint density at radius 3 is 2.29 bits per heavy atom. The summed E-state index contributed by atoms with van der Waals surface area (Å²) >= 11 is 4.20. The summed E-state index contributed by atoms with van der Waals surface area (Å²) in [6.45, 7) is 1.92. The molecule has 0 aliphatic carbocycles. The van der Waals surface area contributed by atoms with Gasteiger partial charge in [0.15, 0.2) is 0 Å². The predicted molar refractivity (Wildman–Crippen MR) is 55.7 cm³/mol. The third-order valence-electron chi connectivity index (χ3n) is 2.08. The standard InChI is InChI=1S/C9H16O4S/c1-2-7(14)5-6(9(12)13)3-4-8(10)11/h6-7,14H,2-5H2,1H3,(H,10,11)(H,12,13). The maximum absolute atomic E-state index is 10.7. The summed E-state index contributed by atoms with van der Waals surface area (Å²) in [6.07, 6.45) is 1.31. The predicted octanol–water partition coefficient (Wildman–Crippen LogP) is 1.65. The highest BCUT2D eigenvalue weighted by Gasteiger charge is 2.20. The monoisotopic (exact) mass is 220 g/mol. The first-order valence-corrected chi connectivity index (χ1v) is 5.11. The van der Waals surface area contributed by atoms with Gasteiger partial charge in [-0.05, 0) is 19.3 Å². The number of hydrogen-bond acceptors (Lipinski definition) is 3. The van der Waals surface area contributed by atoms with Gasteiger partial charge < -0.3 is 10.2 Å². The molecule has 82 valence electrons. The van der Waals surface area contributed by atoms with Gasteiger partial charge in [-0.3, -0.25) is 9.59 Å². The zero-order valence-corrected chi connectivity index (χ0v) is 9.04. The van der Waals surface area contributed by atoms with Gasteiger partial charge in [0, 0.05) is 11.7 Å². The van der Waals surface area contributed by atoms with Crippen molar-refractivity contribution in [1.29, 1.82) is 0 Å². The molecule has 0 amide bonds. The third-order valence-corrected chi connectivity index (χ3v) is 2.66. The topological polar surface area (TPSA) is 74.6 Å². The summed E-state index contributed by atoms with van der Waals surface area (Å²) < 4.78 is 0. The van der Waals surface area contributed by atoms with Crippen molar-refractivity contribution in [2.24, 2.45) is 5.92 Å². The third kappa shape index (κ3) is 5.85. The Labute approximate surface area is 88.7 Å². The summed E-state index contributed by atoms with van der Waals surface area (Å²) in [4.78, 5) is 21.0. The smallest absolute Gasteiger partial charge is 0.306 e. The van der Waals surface area contributed by atoms with Crippen LogP contribution in [0.25, 0.3) is 0 Å². The molecule has 0 aliphatic heterocycles. The number of aliphatic carboxylic acids is 2. The minimum Gasteiger partial charge on any atom is -0.481 e. The van der Waals surface area contributed by atoms with Crippen molar-refractivity contribution in [3.05, 3.63) is 0 Å². The molecule has 2 atom stereocenters. The lowest BCUT2D eigenvalue weighted by molar-refractivity contribution is -0.143. The van der Waals surface area contributed by atoms with Crippen LogP contribution in [0.15, 0.2) is 0 Å². The summed E-state index contributed by atoms with van der Waals surface area (Å²) in [5.74, 6) is -2.48. The average molecular weight is 220 g/mol. The number of carboxylic acids is 2. The Hall–Kier alpha value is -0.710. The zero-order chi connectivity index (χ0) is 11.1. The first-order valence-electron chi connectivity index (χ1n) is 4.60. The molecular weight excluding hydrogens is 204 g/mol. The van der Waals surface area contributed by atoms with Gasteiger partial charge >= 0.3 is 11.9 Å². The van der Waals surface area contributed by atoms with Crippen LogP contribution in [-0.4, -0.2) is 27.4 Å². The zero-order valence-electron chi connectivity index (χ0n) is 8.14.